The summed E-state index contributed by atoms with van der Waals surface area (Å²) in [6.45, 7) is 0.726. The first-order chi connectivity index (χ1) is 8.65. The number of rotatable bonds is 4. The Morgan fingerprint density at radius 1 is 1.47 bits per heavy atom. The van der Waals surface area contributed by atoms with Crippen LogP contribution < -0.4 is 0 Å². The Labute approximate surface area is 125 Å². The molecule has 0 amide bonds. The van der Waals surface area contributed by atoms with Crippen molar-refractivity contribution in [1.29, 1.82) is 0 Å². The molecule has 0 aliphatic carbocycles. The summed E-state index contributed by atoms with van der Waals surface area (Å²) in [5, 5.41) is 8.56. The van der Waals surface area contributed by atoms with E-state index in [2.05, 4.69) is 20.9 Å². The Bertz CT molecular complexity index is 582. The first-order valence-corrected chi connectivity index (χ1v) is 6.09. The van der Waals surface area contributed by atoms with E-state index in [1.54, 1.807) is 18.6 Å². The molecule has 2 aromatic rings. The molecule has 0 saturated heterocycles. The van der Waals surface area contributed by atoms with Crippen LogP contribution in [-0.2, 0) is 11.3 Å². The molecule has 0 unspecified atom stereocenters. The number of hydrogen-bond donors (Lipinski definition) is 1. The van der Waals surface area contributed by atoms with Crippen LogP contribution in [0.2, 0.25) is 0 Å². The Kier molecular flexibility index (Phi) is 5.79. The van der Waals surface area contributed by atoms with Gasteiger partial charge < -0.3 is 9.67 Å². The van der Waals surface area contributed by atoms with Gasteiger partial charge in [-0.1, -0.05) is 28.1 Å². The Balaban J connectivity index is 0.00000180. The molecule has 0 saturated carbocycles. The molecule has 1 aromatic heterocycles. The van der Waals surface area contributed by atoms with Crippen molar-refractivity contribution in [3.63, 3.8) is 0 Å². The first kappa shape index (κ1) is 15.5. The molecular weight excluding hydrogens is 332 g/mol. The maximum atomic E-state index is 10.4. The van der Waals surface area contributed by atoms with E-state index in [0.29, 0.717) is 0 Å². The van der Waals surface area contributed by atoms with Crippen LogP contribution in [0, 0.1) is 0 Å². The Hall–Kier alpha value is -1.59. The summed E-state index contributed by atoms with van der Waals surface area (Å²) in [6, 6.07) is 5.74. The van der Waals surface area contributed by atoms with E-state index in [0.717, 1.165) is 28.2 Å². The molecule has 0 aliphatic rings. The standard InChI is InChI=1S/C13H11BrN2O2.ClH/c14-12-7-10(2-4-13(17)18)1-3-11(12)8-16-6-5-15-9-16;/h1-7,9H,8H2,(H,17,18);1H/b4-2+;. The molecule has 19 heavy (non-hydrogen) atoms. The van der Waals surface area contributed by atoms with Crippen LogP contribution in [-0.4, -0.2) is 20.6 Å². The highest BCUT2D eigenvalue weighted by atomic mass is 79.9. The predicted octanol–water partition coefficient (Wildman–Crippen LogP) is 3.21. The summed E-state index contributed by atoms with van der Waals surface area (Å²) < 4.78 is 2.91. The van der Waals surface area contributed by atoms with E-state index in [9.17, 15) is 4.79 Å². The number of halogens is 2. The number of nitrogens with zero attached hydrogens (tertiary/aromatic N) is 2. The van der Waals surface area contributed by atoms with Crippen molar-refractivity contribution in [2.24, 2.45) is 0 Å². The van der Waals surface area contributed by atoms with Gasteiger partial charge in [0.25, 0.3) is 0 Å². The number of carboxylic acids is 1. The lowest BCUT2D eigenvalue weighted by atomic mass is 10.1. The zero-order chi connectivity index (χ0) is 13.0. The fourth-order valence-corrected chi connectivity index (χ4v) is 2.06. The lowest BCUT2D eigenvalue weighted by Gasteiger charge is -2.06. The monoisotopic (exact) mass is 342 g/mol. The number of aromatic nitrogens is 2. The van der Waals surface area contributed by atoms with Crippen LogP contribution in [0.1, 0.15) is 11.1 Å². The fourth-order valence-electron chi connectivity index (χ4n) is 1.54. The van der Waals surface area contributed by atoms with Crippen molar-refractivity contribution in [2.45, 2.75) is 6.54 Å². The molecule has 0 bridgehead atoms. The lowest BCUT2D eigenvalue weighted by molar-refractivity contribution is -0.131. The highest BCUT2D eigenvalue weighted by Crippen LogP contribution is 2.20. The van der Waals surface area contributed by atoms with Crippen LogP contribution in [0.3, 0.4) is 0 Å². The first-order valence-electron chi connectivity index (χ1n) is 5.30. The van der Waals surface area contributed by atoms with Crippen LogP contribution in [0.4, 0.5) is 0 Å². The fraction of sp³-hybridized carbons (Fsp3) is 0.0769. The molecule has 2 rings (SSSR count). The number of carboxylic acid groups (broad SMARTS) is 1. The molecule has 1 heterocycles. The molecule has 100 valence electrons. The predicted molar refractivity (Wildman–Crippen MR) is 79.4 cm³/mol. The highest BCUT2D eigenvalue weighted by Gasteiger charge is 2.01. The summed E-state index contributed by atoms with van der Waals surface area (Å²) in [5.41, 5.74) is 1.96. The summed E-state index contributed by atoms with van der Waals surface area (Å²) in [6.07, 6.45) is 8.07. The molecule has 0 radical (unpaired) electrons. The minimum absolute atomic E-state index is 0. The largest absolute Gasteiger partial charge is 0.478 e. The van der Waals surface area contributed by atoms with Crippen molar-refractivity contribution >= 4 is 40.4 Å². The second-order valence-corrected chi connectivity index (χ2v) is 4.61. The van der Waals surface area contributed by atoms with Crippen molar-refractivity contribution in [3.8, 4) is 0 Å². The summed E-state index contributed by atoms with van der Waals surface area (Å²) >= 11 is 3.48. The molecule has 4 nitrogen and oxygen atoms in total. The van der Waals surface area contributed by atoms with Gasteiger partial charge in [0.15, 0.2) is 0 Å². The number of carbonyl (C=O) groups is 1. The maximum Gasteiger partial charge on any atom is 0.328 e. The van der Waals surface area contributed by atoms with Gasteiger partial charge in [-0.05, 0) is 23.3 Å². The van der Waals surface area contributed by atoms with E-state index >= 15 is 0 Å². The highest BCUT2D eigenvalue weighted by molar-refractivity contribution is 9.10. The number of imidazole rings is 1. The van der Waals surface area contributed by atoms with Gasteiger partial charge in [0.05, 0.1) is 6.33 Å². The number of aliphatic carboxylic acids is 1. The molecular formula is C13H12BrClN2O2. The van der Waals surface area contributed by atoms with Crippen molar-refractivity contribution in [3.05, 3.63) is 58.6 Å². The lowest BCUT2D eigenvalue weighted by Crippen LogP contribution is -1.97. The van der Waals surface area contributed by atoms with Crippen LogP contribution >= 0.6 is 28.3 Å². The molecule has 0 aliphatic heterocycles. The van der Waals surface area contributed by atoms with Gasteiger partial charge >= 0.3 is 5.97 Å². The van der Waals surface area contributed by atoms with Gasteiger partial charge in [-0.25, -0.2) is 9.78 Å². The molecule has 6 heteroatoms. The van der Waals surface area contributed by atoms with Crippen molar-refractivity contribution < 1.29 is 9.90 Å². The second kappa shape index (κ2) is 7.11. The second-order valence-electron chi connectivity index (χ2n) is 3.76. The van der Waals surface area contributed by atoms with Gasteiger partial charge in [0.1, 0.15) is 0 Å². The smallest absolute Gasteiger partial charge is 0.328 e. The normalized spacial score (nSPS) is 10.4. The van der Waals surface area contributed by atoms with E-state index in [-0.39, 0.29) is 12.4 Å². The third-order valence-electron chi connectivity index (χ3n) is 2.41. The summed E-state index contributed by atoms with van der Waals surface area (Å²) in [5.74, 6) is -0.950. The van der Waals surface area contributed by atoms with Gasteiger partial charge in [-0.2, -0.15) is 0 Å². The zero-order valence-electron chi connectivity index (χ0n) is 9.86. The topological polar surface area (TPSA) is 55.1 Å². The average Bonchev–Trinajstić information content (AvgIpc) is 2.82. The van der Waals surface area contributed by atoms with E-state index < -0.39 is 5.97 Å². The molecule has 1 aromatic carbocycles. The molecule has 0 fully saturated rings. The summed E-state index contributed by atoms with van der Waals surface area (Å²) in [4.78, 5) is 14.4. The number of hydrogen-bond acceptors (Lipinski definition) is 2. The quantitative estimate of drug-likeness (QED) is 0.867. The van der Waals surface area contributed by atoms with Crippen LogP contribution in [0.15, 0.2) is 47.5 Å². The third-order valence-corrected chi connectivity index (χ3v) is 3.15. The van der Waals surface area contributed by atoms with Crippen LogP contribution in [0.5, 0.6) is 0 Å². The number of benzene rings is 1. The minimum Gasteiger partial charge on any atom is -0.478 e. The van der Waals surface area contributed by atoms with Gasteiger partial charge in [-0.15, -0.1) is 12.4 Å². The average molecular weight is 344 g/mol. The Morgan fingerprint density at radius 2 is 2.26 bits per heavy atom. The van der Waals surface area contributed by atoms with Crippen LogP contribution in [0.25, 0.3) is 6.08 Å². The molecule has 0 atom stereocenters. The van der Waals surface area contributed by atoms with E-state index in [4.69, 9.17) is 5.11 Å². The van der Waals surface area contributed by atoms with Gasteiger partial charge in [0.2, 0.25) is 0 Å². The van der Waals surface area contributed by atoms with Crippen molar-refractivity contribution in [2.75, 3.05) is 0 Å². The van der Waals surface area contributed by atoms with Gasteiger partial charge in [0, 0.05) is 29.5 Å². The molecule has 0 spiro atoms. The van der Waals surface area contributed by atoms with Gasteiger partial charge in [-0.3, -0.25) is 0 Å². The minimum atomic E-state index is -0.950. The third kappa shape index (κ3) is 4.54. The van der Waals surface area contributed by atoms with E-state index in [1.807, 2.05) is 29.0 Å². The SMILES string of the molecule is Cl.O=C(O)/C=C/c1ccc(Cn2ccnc2)c(Br)c1. The molecule has 1 N–H and O–H groups in total. The maximum absolute atomic E-state index is 10.4. The van der Waals surface area contributed by atoms with E-state index in [1.165, 1.54) is 0 Å². The summed E-state index contributed by atoms with van der Waals surface area (Å²) in [7, 11) is 0. The zero-order valence-corrected chi connectivity index (χ0v) is 12.3. The van der Waals surface area contributed by atoms with Crippen molar-refractivity contribution in [1.82, 2.24) is 9.55 Å². The Morgan fingerprint density at radius 3 is 2.84 bits per heavy atom.